The number of nitrogens with zero attached hydrogens (tertiary/aromatic N) is 1. The summed E-state index contributed by atoms with van der Waals surface area (Å²) >= 11 is 0. The van der Waals surface area contributed by atoms with Crippen LogP contribution in [0.15, 0.2) is 30.3 Å². The van der Waals surface area contributed by atoms with Gasteiger partial charge in [0.15, 0.2) is 0 Å². The summed E-state index contributed by atoms with van der Waals surface area (Å²) in [5.41, 5.74) is 1.04. The summed E-state index contributed by atoms with van der Waals surface area (Å²) in [6, 6.07) is 10.4. The topological polar surface area (TPSA) is 61.4 Å². The van der Waals surface area contributed by atoms with Gasteiger partial charge in [0.25, 0.3) is 0 Å². The standard InChI is InChI=1S/C22H33N3O2/c1-17-7-5-6-10-20(17)24-22(27)16-25-13-11-19(12-14-25)23-21(26)15-18-8-3-2-4-9-18/h2-4,8-9,17,19-20H,5-7,10-16H2,1H3,(H,23,26)(H,24,27). The molecule has 0 aromatic heterocycles. The van der Waals surface area contributed by atoms with E-state index in [1.165, 1.54) is 19.3 Å². The lowest BCUT2D eigenvalue weighted by Crippen LogP contribution is -2.49. The first kappa shape index (κ1) is 19.9. The van der Waals surface area contributed by atoms with Crippen molar-refractivity contribution in [1.82, 2.24) is 15.5 Å². The third-order valence-corrected chi connectivity index (χ3v) is 5.99. The summed E-state index contributed by atoms with van der Waals surface area (Å²) in [5, 5.41) is 6.38. The molecule has 0 bridgehead atoms. The van der Waals surface area contributed by atoms with Gasteiger partial charge in [-0.2, -0.15) is 0 Å². The van der Waals surface area contributed by atoms with Crippen LogP contribution in [0.25, 0.3) is 0 Å². The van der Waals surface area contributed by atoms with Gasteiger partial charge < -0.3 is 10.6 Å². The molecular weight excluding hydrogens is 338 g/mol. The summed E-state index contributed by atoms with van der Waals surface area (Å²) in [6.07, 6.45) is 7.10. The largest absolute Gasteiger partial charge is 0.353 e. The second-order valence-corrected chi connectivity index (χ2v) is 8.22. The molecule has 1 aliphatic carbocycles. The molecule has 3 rings (SSSR count). The number of piperidine rings is 1. The van der Waals surface area contributed by atoms with Crippen LogP contribution in [0.3, 0.4) is 0 Å². The fourth-order valence-corrected chi connectivity index (χ4v) is 4.28. The summed E-state index contributed by atoms with van der Waals surface area (Å²) < 4.78 is 0. The molecule has 2 aliphatic rings. The highest BCUT2D eigenvalue weighted by molar-refractivity contribution is 5.79. The second-order valence-electron chi connectivity index (χ2n) is 8.22. The minimum atomic E-state index is 0.0867. The lowest BCUT2D eigenvalue weighted by Gasteiger charge is -2.33. The molecule has 5 heteroatoms. The van der Waals surface area contributed by atoms with E-state index in [1.807, 2.05) is 30.3 Å². The van der Waals surface area contributed by atoms with Crippen molar-refractivity contribution in [2.24, 2.45) is 5.92 Å². The SMILES string of the molecule is CC1CCCCC1NC(=O)CN1CCC(NC(=O)Cc2ccccc2)CC1. The number of carbonyl (C=O) groups is 2. The maximum Gasteiger partial charge on any atom is 0.234 e. The number of nitrogens with one attached hydrogen (secondary N) is 2. The predicted molar refractivity (Wildman–Crippen MR) is 107 cm³/mol. The molecule has 148 valence electrons. The van der Waals surface area contributed by atoms with Crippen LogP contribution in [0.5, 0.6) is 0 Å². The van der Waals surface area contributed by atoms with Crippen LogP contribution in [-0.4, -0.2) is 48.4 Å². The normalized spacial score (nSPS) is 24.3. The summed E-state index contributed by atoms with van der Waals surface area (Å²) in [6.45, 7) is 4.45. The maximum atomic E-state index is 12.4. The maximum absolute atomic E-state index is 12.4. The van der Waals surface area contributed by atoms with Crippen molar-refractivity contribution < 1.29 is 9.59 Å². The third kappa shape index (κ3) is 6.35. The van der Waals surface area contributed by atoms with E-state index in [0.29, 0.717) is 24.9 Å². The monoisotopic (exact) mass is 371 g/mol. The Morgan fingerprint density at radius 1 is 0.963 bits per heavy atom. The van der Waals surface area contributed by atoms with E-state index >= 15 is 0 Å². The molecule has 2 fully saturated rings. The van der Waals surface area contributed by atoms with Crippen LogP contribution in [0.2, 0.25) is 0 Å². The van der Waals surface area contributed by atoms with Crippen molar-refractivity contribution in [2.45, 2.75) is 64.0 Å². The minimum Gasteiger partial charge on any atom is -0.353 e. The number of rotatable bonds is 6. The zero-order valence-electron chi connectivity index (χ0n) is 16.5. The van der Waals surface area contributed by atoms with Crippen LogP contribution >= 0.6 is 0 Å². The van der Waals surface area contributed by atoms with Crippen LogP contribution in [0.1, 0.15) is 51.0 Å². The Morgan fingerprint density at radius 2 is 1.67 bits per heavy atom. The quantitative estimate of drug-likeness (QED) is 0.808. The van der Waals surface area contributed by atoms with Crippen molar-refractivity contribution >= 4 is 11.8 Å². The van der Waals surface area contributed by atoms with Gasteiger partial charge in [0, 0.05) is 25.2 Å². The molecule has 0 spiro atoms. The first-order chi connectivity index (χ1) is 13.1. The Labute approximate surface area is 162 Å². The lowest BCUT2D eigenvalue weighted by atomic mass is 9.86. The van der Waals surface area contributed by atoms with E-state index < -0.39 is 0 Å². The van der Waals surface area contributed by atoms with Gasteiger partial charge in [-0.25, -0.2) is 0 Å². The molecule has 2 amide bonds. The van der Waals surface area contributed by atoms with Crippen LogP contribution in [-0.2, 0) is 16.0 Å². The summed E-state index contributed by atoms with van der Waals surface area (Å²) in [5.74, 6) is 0.831. The molecule has 5 nitrogen and oxygen atoms in total. The Kier molecular flexibility index (Phi) is 7.27. The fraction of sp³-hybridized carbons (Fsp3) is 0.636. The molecule has 1 saturated carbocycles. The molecular formula is C22H33N3O2. The highest BCUT2D eigenvalue weighted by Gasteiger charge is 2.25. The minimum absolute atomic E-state index is 0.0867. The Bertz CT molecular complexity index is 611. The third-order valence-electron chi connectivity index (χ3n) is 5.99. The Balaban J connectivity index is 1.34. The van der Waals surface area contributed by atoms with Crippen LogP contribution < -0.4 is 10.6 Å². The predicted octanol–water partition coefficient (Wildman–Crippen LogP) is 2.50. The highest BCUT2D eigenvalue weighted by Crippen LogP contribution is 2.23. The van der Waals surface area contributed by atoms with Gasteiger partial charge in [-0.15, -0.1) is 0 Å². The molecule has 27 heavy (non-hydrogen) atoms. The first-order valence-electron chi connectivity index (χ1n) is 10.4. The summed E-state index contributed by atoms with van der Waals surface area (Å²) in [4.78, 5) is 26.8. The zero-order chi connectivity index (χ0) is 19.1. The fourth-order valence-electron chi connectivity index (χ4n) is 4.28. The van der Waals surface area contributed by atoms with E-state index in [-0.39, 0.29) is 17.9 Å². The van der Waals surface area contributed by atoms with Crippen molar-refractivity contribution in [2.75, 3.05) is 19.6 Å². The van der Waals surface area contributed by atoms with Gasteiger partial charge in [-0.3, -0.25) is 14.5 Å². The van der Waals surface area contributed by atoms with E-state index in [0.717, 1.165) is 37.9 Å². The van der Waals surface area contributed by atoms with Crippen molar-refractivity contribution in [3.8, 4) is 0 Å². The van der Waals surface area contributed by atoms with E-state index in [4.69, 9.17) is 0 Å². The molecule has 1 heterocycles. The van der Waals surface area contributed by atoms with Gasteiger partial charge in [0.1, 0.15) is 0 Å². The number of carbonyl (C=O) groups excluding carboxylic acids is 2. The van der Waals surface area contributed by atoms with E-state index in [1.54, 1.807) is 0 Å². The Hall–Kier alpha value is -1.88. The summed E-state index contributed by atoms with van der Waals surface area (Å²) in [7, 11) is 0. The molecule has 2 N–H and O–H groups in total. The molecule has 2 atom stereocenters. The van der Waals surface area contributed by atoms with Crippen LogP contribution in [0, 0.1) is 5.92 Å². The van der Waals surface area contributed by atoms with Gasteiger partial charge in [-0.1, -0.05) is 50.1 Å². The van der Waals surface area contributed by atoms with E-state index in [2.05, 4.69) is 22.5 Å². The smallest absolute Gasteiger partial charge is 0.234 e. The van der Waals surface area contributed by atoms with Gasteiger partial charge in [0.2, 0.25) is 11.8 Å². The average Bonchev–Trinajstić information content (AvgIpc) is 2.66. The average molecular weight is 372 g/mol. The highest BCUT2D eigenvalue weighted by atomic mass is 16.2. The molecule has 1 saturated heterocycles. The van der Waals surface area contributed by atoms with Crippen molar-refractivity contribution in [3.63, 3.8) is 0 Å². The second kappa shape index (κ2) is 9.88. The molecule has 1 aromatic rings. The van der Waals surface area contributed by atoms with E-state index in [9.17, 15) is 9.59 Å². The number of likely N-dealkylation sites (tertiary alicyclic amines) is 1. The van der Waals surface area contributed by atoms with Crippen molar-refractivity contribution in [1.29, 1.82) is 0 Å². The lowest BCUT2D eigenvalue weighted by molar-refractivity contribution is -0.124. The number of hydrogen-bond donors (Lipinski definition) is 2. The Morgan fingerprint density at radius 3 is 2.37 bits per heavy atom. The van der Waals surface area contributed by atoms with Crippen molar-refractivity contribution in [3.05, 3.63) is 35.9 Å². The van der Waals surface area contributed by atoms with Crippen LogP contribution in [0.4, 0.5) is 0 Å². The first-order valence-corrected chi connectivity index (χ1v) is 10.4. The number of amides is 2. The molecule has 1 aromatic carbocycles. The van der Waals surface area contributed by atoms with Gasteiger partial charge in [0.05, 0.1) is 13.0 Å². The van der Waals surface area contributed by atoms with Gasteiger partial charge in [-0.05, 0) is 37.2 Å². The number of benzene rings is 1. The van der Waals surface area contributed by atoms with Gasteiger partial charge >= 0.3 is 0 Å². The molecule has 1 aliphatic heterocycles. The molecule has 0 radical (unpaired) electrons. The molecule has 2 unspecified atom stereocenters. The zero-order valence-corrected chi connectivity index (χ0v) is 16.5. The number of hydrogen-bond acceptors (Lipinski definition) is 3.